The van der Waals surface area contributed by atoms with Crippen LogP contribution in [0.1, 0.15) is 33.1 Å². The molecular formula is C9H18IN. The third-order valence-electron chi connectivity index (χ3n) is 2.27. The molecule has 0 unspecified atom stereocenters. The highest BCUT2D eigenvalue weighted by Gasteiger charge is 2.18. The Hall–Kier alpha value is 0.690. The molecule has 0 radical (unpaired) electrons. The number of halogens is 1. The minimum Gasteiger partial charge on any atom is -0.247 e. The lowest BCUT2D eigenvalue weighted by molar-refractivity contribution is 0.267. The van der Waals surface area contributed by atoms with E-state index in [1.807, 2.05) is 0 Å². The molecule has 1 nitrogen and oxygen atoms in total. The van der Waals surface area contributed by atoms with E-state index in [0.29, 0.717) is 0 Å². The van der Waals surface area contributed by atoms with Crippen LogP contribution in [0.25, 0.3) is 0 Å². The number of hydrogen-bond donors (Lipinski definition) is 0. The predicted molar refractivity (Wildman–Crippen MR) is 57.8 cm³/mol. The molecule has 1 saturated heterocycles. The molecule has 0 amide bonds. The molecule has 0 aromatic rings. The Balaban J connectivity index is 2.23. The van der Waals surface area contributed by atoms with Crippen molar-refractivity contribution in [2.75, 3.05) is 13.1 Å². The number of rotatable bonds is 2. The van der Waals surface area contributed by atoms with Gasteiger partial charge in [-0.25, -0.2) is 3.11 Å². The maximum Gasteiger partial charge on any atom is 0.0201 e. The van der Waals surface area contributed by atoms with E-state index in [1.54, 1.807) is 0 Å². The van der Waals surface area contributed by atoms with Crippen LogP contribution in [0.15, 0.2) is 0 Å². The van der Waals surface area contributed by atoms with Crippen molar-refractivity contribution in [1.82, 2.24) is 3.11 Å². The zero-order valence-corrected chi connectivity index (χ0v) is 9.67. The van der Waals surface area contributed by atoms with Gasteiger partial charge in [0.15, 0.2) is 0 Å². The van der Waals surface area contributed by atoms with Gasteiger partial charge in [0.1, 0.15) is 0 Å². The van der Waals surface area contributed by atoms with E-state index in [-0.39, 0.29) is 0 Å². The minimum atomic E-state index is 0.878. The summed E-state index contributed by atoms with van der Waals surface area (Å²) in [5.74, 6) is 1.85. The highest BCUT2D eigenvalue weighted by molar-refractivity contribution is 14.1. The van der Waals surface area contributed by atoms with E-state index < -0.39 is 0 Å². The first kappa shape index (κ1) is 9.78. The fourth-order valence-corrected chi connectivity index (χ4v) is 2.77. The van der Waals surface area contributed by atoms with Crippen LogP contribution in [0.5, 0.6) is 0 Å². The van der Waals surface area contributed by atoms with E-state index >= 15 is 0 Å². The van der Waals surface area contributed by atoms with Gasteiger partial charge in [-0.1, -0.05) is 13.8 Å². The zero-order valence-electron chi connectivity index (χ0n) is 7.52. The van der Waals surface area contributed by atoms with E-state index in [2.05, 4.69) is 39.8 Å². The Morgan fingerprint density at radius 3 is 2.82 bits per heavy atom. The van der Waals surface area contributed by atoms with Gasteiger partial charge in [-0.2, -0.15) is 0 Å². The summed E-state index contributed by atoms with van der Waals surface area (Å²) in [7, 11) is 0. The summed E-state index contributed by atoms with van der Waals surface area (Å²) in [6.07, 6.45) is 4.28. The van der Waals surface area contributed by atoms with Crippen LogP contribution >= 0.6 is 22.9 Å². The van der Waals surface area contributed by atoms with Crippen LogP contribution in [0.2, 0.25) is 0 Å². The highest BCUT2D eigenvalue weighted by atomic mass is 127. The van der Waals surface area contributed by atoms with Gasteiger partial charge in [0.25, 0.3) is 0 Å². The second-order valence-corrected chi connectivity index (χ2v) is 5.37. The molecular weight excluding hydrogens is 249 g/mol. The fourth-order valence-electron chi connectivity index (χ4n) is 1.87. The smallest absolute Gasteiger partial charge is 0.0201 e. The van der Waals surface area contributed by atoms with Crippen LogP contribution in [0.3, 0.4) is 0 Å². The second-order valence-electron chi connectivity index (χ2n) is 4.01. The van der Waals surface area contributed by atoms with Crippen molar-refractivity contribution in [3.8, 4) is 0 Å². The third kappa shape index (κ3) is 3.74. The van der Waals surface area contributed by atoms with Gasteiger partial charge in [0, 0.05) is 36.0 Å². The molecule has 1 aliphatic heterocycles. The summed E-state index contributed by atoms with van der Waals surface area (Å²) in [5, 5.41) is 0. The van der Waals surface area contributed by atoms with Gasteiger partial charge in [0.05, 0.1) is 0 Å². The molecule has 66 valence electrons. The van der Waals surface area contributed by atoms with Crippen molar-refractivity contribution >= 4 is 22.9 Å². The molecule has 0 spiro atoms. The molecule has 0 aromatic carbocycles. The summed E-state index contributed by atoms with van der Waals surface area (Å²) in [6.45, 7) is 7.27. The molecule has 0 saturated carbocycles. The molecule has 1 rings (SSSR count). The molecule has 0 N–H and O–H groups in total. The third-order valence-corrected chi connectivity index (χ3v) is 3.15. The Labute approximate surface area is 84.0 Å². The van der Waals surface area contributed by atoms with Crippen molar-refractivity contribution < 1.29 is 0 Å². The van der Waals surface area contributed by atoms with Crippen LogP contribution in [0.4, 0.5) is 0 Å². The zero-order chi connectivity index (χ0) is 8.27. The molecule has 0 bridgehead atoms. The lowest BCUT2D eigenvalue weighted by atomic mass is 9.91. The van der Waals surface area contributed by atoms with E-state index in [9.17, 15) is 0 Å². The minimum absolute atomic E-state index is 0.878. The van der Waals surface area contributed by atoms with Gasteiger partial charge in [-0.15, -0.1) is 0 Å². The molecule has 2 heteroatoms. The van der Waals surface area contributed by atoms with Crippen molar-refractivity contribution in [3.63, 3.8) is 0 Å². The first-order valence-corrected chi connectivity index (χ1v) is 5.55. The van der Waals surface area contributed by atoms with E-state index in [0.717, 1.165) is 11.8 Å². The van der Waals surface area contributed by atoms with Crippen molar-refractivity contribution in [2.24, 2.45) is 11.8 Å². The van der Waals surface area contributed by atoms with Gasteiger partial charge in [-0.3, -0.25) is 0 Å². The summed E-state index contributed by atoms with van der Waals surface area (Å²) >= 11 is 2.45. The van der Waals surface area contributed by atoms with E-state index in [4.69, 9.17) is 0 Å². The maximum absolute atomic E-state index is 2.45. The quantitative estimate of drug-likeness (QED) is 0.549. The van der Waals surface area contributed by atoms with Crippen LogP contribution < -0.4 is 0 Å². The molecule has 1 aliphatic rings. The largest absolute Gasteiger partial charge is 0.247 e. The van der Waals surface area contributed by atoms with Gasteiger partial charge < -0.3 is 0 Å². The number of nitrogens with zero attached hydrogens (tertiary/aromatic N) is 1. The van der Waals surface area contributed by atoms with Crippen LogP contribution in [0, 0.1) is 11.8 Å². The normalized spacial score (nSPS) is 27.8. The average molecular weight is 267 g/mol. The summed E-state index contributed by atoms with van der Waals surface area (Å²) in [5.41, 5.74) is 0. The first-order valence-electron chi connectivity index (χ1n) is 4.59. The Morgan fingerprint density at radius 1 is 1.55 bits per heavy atom. The van der Waals surface area contributed by atoms with Gasteiger partial charge in [-0.05, 0) is 31.1 Å². The van der Waals surface area contributed by atoms with Crippen molar-refractivity contribution in [2.45, 2.75) is 33.1 Å². The van der Waals surface area contributed by atoms with Gasteiger partial charge >= 0.3 is 0 Å². The summed E-state index contributed by atoms with van der Waals surface area (Å²) < 4.78 is 2.44. The molecule has 0 aliphatic carbocycles. The molecule has 11 heavy (non-hydrogen) atoms. The first-order chi connectivity index (χ1) is 5.18. The van der Waals surface area contributed by atoms with Crippen molar-refractivity contribution in [1.29, 1.82) is 0 Å². The Kier molecular flexibility index (Phi) is 4.13. The molecule has 1 heterocycles. The predicted octanol–water partition coefficient (Wildman–Crippen LogP) is 3.09. The van der Waals surface area contributed by atoms with E-state index in [1.165, 1.54) is 32.4 Å². The molecule has 1 fully saturated rings. The lowest BCUT2D eigenvalue weighted by Crippen LogP contribution is -2.28. The number of piperidine rings is 1. The second kappa shape index (κ2) is 4.65. The summed E-state index contributed by atoms with van der Waals surface area (Å²) in [6, 6.07) is 0. The maximum atomic E-state index is 2.45. The van der Waals surface area contributed by atoms with Crippen LogP contribution in [-0.2, 0) is 0 Å². The average Bonchev–Trinajstić information content (AvgIpc) is 1.85. The molecule has 0 aromatic heterocycles. The topological polar surface area (TPSA) is 3.24 Å². The standard InChI is InChI=1S/C9H18IN/c1-8(2)6-9-4-3-5-11(10)7-9/h8-9H,3-7H2,1-2H3/t9-/m1/s1. The SMILES string of the molecule is CC(C)C[C@H]1CCCN(I)C1. The number of hydrogen-bond acceptors (Lipinski definition) is 1. The monoisotopic (exact) mass is 267 g/mol. The Bertz CT molecular complexity index is 112. The van der Waals surface area contributed by atoms with Gasteiger partial charge in [0.2, 0.25) is 0 Å². The van der Waals surface area contributed by atoms with Crippen LogP contribution in [-0.4, -0.2) is 16.2 Å². The lowest BCUT2D eigenvalue weighted by Gasteiger charge is -2.29. The highest BCUT2D eigenvalue weighted by Crippen LogP contribution is 2.24. The fraction of sp³-hybridized carbons (Fsp3) is 1.00. The Morgan fingerprint density at radius 2 is 2.27 bits per heavy atom. The summed E-state index contributed by atoms with van der Waals surface area (Å²) in [4.78, 5) is 0. The van der Waals surface area contributed by atoms with Crippen molar-refractivity contribution in [3.05, 3.63) is 0 Å². The molecule has 1 atom stereocenters.